The van der Waals surface area contributed by atoms with Gasteiger partial charge in [-0.1, -0.05) is 23.2 Å². The van der Waals surface area contributed by atoms with E-state index in [4.69, 9.17) is 23.2 Å². The Bertz CT molecular complexity index is 1040. The summed E-state index contributed by atoms with van der Waals surface area (Å²) in [5, 5.41) is 23.0. The molecule has 8 heteroatoms. The van der Waals surface area contributed by atoms with E-state index < -0.39 is 0 Å². The molecule has 0 fully saturated rings. The Morgan fingerprint density at radius 3 is 1.46 bits per heavy atom. The van der Waals surface area contributed by atoms with Gasteiger partial charge in [-0.25, -0.2) is 0 Å². The Morgan fingerprint density at radius 1 is 0.708 bits per heavy atom. The summed E-state index contributed by atoms with van der Waals surface area (Å²) in [6.45, 7) is 0. The van der Waals surface area contributed by atoms with Crippen LogP contribution in [0.4, 0.5) is 0 Å². The van der Waals surface area contributed by atoms with Crippen LogP contribution in [0.2, 0.25) is 10.0 Å². The molecule has 2 aromatic heterocycles. The van der Waals surface area contributed by atoms with E-state index in [9.17, 15) is 10.2 Å². The zero-order valence-electron chi connectivity index (χ0n) is 11.7. The molecule has 0 unspecified atom stereocenters. The van der Waals surface area contributed by atoms with E-state index in [1.54, 1.807) is 24.3 Å². The lowest BCUT2D eigenvalue weighted by Gasteiger charge is -1.99. The second-order valence-corrected chi connectivity index (χ2v) is 7.73. The molecule has 0 aliphatic heterocycles. The first-order valence-corrected chi connectivity index (χ1v) is 9.12. The molecular weight excluding hydrogens is 483 g/mol. The molecular formula is C16H8Br2Cl2N2O2. The summed E-state index contributed by atoms with van der Waals surface area (Å²) in [5.41, 5.74) is 1.99. The highest BCUT2D eigenvalue weighted by Crippen LogP contribution is 2.47. The lowest BCUT2D eigenvalue weighted by molar-refractivity contribution is 0.475. The van der Waals surface area contributed by atoms with E-state index >= 15 is 0 Å². The summed E-state index contributed by atoms with van der Waals surface area (Å²) in [4.78, 5) is 6.17. The number of aromatic nitrogens is 2. The van der Waals surface area contributed by atoms with Crippen LogP contribution >= 0.6 is 55.1 Å². The van der Waals surface area contributed by atoms with Crippen LogP contribution in [-0.2, 0) is 0 Å². The van der Waals surface area contributed by atoms with E-state index in [1.807, 2.05) is 0 Å². The molecule has 0 atom stereocenters. The maximum Gasteiger partial charge on any atom is 0.152 e. The van der Waals surface area contributed by atoms with Gasteiger partial charge in [-0.15, -0.1) is 0 Å². The third kappa shape index (κ3) is 2.17. The van der Waals surface area contributed by atoms with Crippen molar-refractivity contribution in [2.45, 2.75) is 0 Å². The number of hydrogen-bond donors (Lipinski definition) is 4. The van der Waals surface area contributed by atoms with Crippen molar-refractivity contribution in [1.29, 1.82) is 0 Å². The molecule has 4 aromatic rings. The summed E-state index contributed by atoms with van der Waals surface area (Å²) >= 11 is 19.2. The molecule has 0 aliphatic carbocycles. The first kappa shape index (κ1) is 16.1. The fourth-order valence-corrected chi connectivity index (χ4v) is 3.94. The zero-order valence-corrected chi connectivity index (χ0v) is 16.4. The van der Waals surface area contributed by atoms with Crippen LogP contribution < -0.4 is 0 Å². The van der Waals surface area contributed by atoms with Crippen LogP contribution in [0.15, 0.2) is 33.2 Å². The minimum absolute atomic E-state index is 0.0478. The summed E-state index contributed by atoms with van der Waals surface area (Å²) in [6, 6.07) is 7.14. The monoisotopic (exact) mass is 488 g/mol. The number of nitrogens with one attached hydrogen (secondary N) is 2. The molecule has 0 saturated carbocycles. The lowest BCUT2D eigenvalue weighted by atomic mass is 10.2. The summed E-state index contributed by atoms with van der Waals surface area (Å²) in [5.74, 6) is -0.0957. The van der Waals surface area contributed by atoms with Gasteiger partial charge >= 0.3 is 0 Å². The van der Waals surface area contributed by atoms with Crippen LogP contribution in [-0.4, -0.2) is 20.2 Å². The first-order chi connectivity index (χ1) is 11.4. The minimum atomic E-state index is -0.0478. The normalized spacial score (nSPS) is 11.7. The predicted octanol–water partition coefficient (Wildman–Crippen LogP) is 6.56. The van der Waals surface area contributed by atoms with Crippen molar-refractivity contribution < 1.29 is 10.2 Å². The second kappa shape index (κ2) is 5.59. The van der Waals surface area contributed by atoms with Gasteiger partial charge in [0, 0.05) is 8.95 Å². The van der Waals surface area contributed by atoms with Gasteiger partial charge < -0.3 is 20.2 Å². The van der Waals surface area contributed by atoms with Crippen molar-refractivity contribution in [2.24, 2.45) is 0 Å². The molecule has 0 aliphatic rings. The van der Waals surface area contributed by atoms with E-state index in [2.05, 4.69) is 41.8 Å². The number of aromatic amines is 2. The fraction of sp³-hybridized carbons (Fsp3) is 0. The standard InChI is InChI=1S/C16H8Br2Cl2N2O2/c17-5-1-3-7-9(11(5)19)15(23)13(21-7)14-16(24)10-8(22-14)4-2-6(18)12(10)20/h1-4,21-24H. The van der Waals surface area contributed by atoms with Gasteiger partial charge in [0.05, 0.1) is 31.9 Å². The third-order valence-corrected chi connectivity index (χ3v) is 6.47. The van der Waals surface area contributed by atoms with Crippen LogP contribution in [0.5, 0.6) is 11.5 Å². The number of aromatic hydroxyl groups is 2. The average molecular weight is 491 g/mol. The molecule has 122 valence electrons. The Kier molecular flexibility index (Phi) is 3.76. The maximum atomic E-state index is 10.6. The van der Waals surface area contributed by atoms with Gasteiger partial charge in [-0.2, -0.15) is 0 Å². The van der Waals surface area contributed by atoms with E-state index in [0.717, 1.165) is 0 Å². The van der Waals surface area contributed by atoms with Crippen LogP contribution in [0.25, 0.3) is 33.2 Å². The number of hydrogen-bond acceptors (Lipinski definition) is 2. The largest absolute Gasteiger partial charge is 0.505 e. The van der Waals surface area contributed by atoms with E-state index in [1.165, 1.54) is 0 Å². The molecule has 0 spiro atoms. The second-order valence-electron chi connectivity index (χ2n) is 5.27. The Hall–Kier alpha value is -1.34. The quantitative estimate of drug-likeness (QED) is 0.244. The van der Waals surface area contributed by atoms with Gasteiger partial charge in [0.1, 0.15) is 11.4 Å². The minimum Gasteiger partial charge on any atom is -0.505 e. The van der Waals surface area contributed by atoms with Gasteiger partial charge in [0.15, 0.2) is 11.5 Å². The van der Waals surface area contributed by atoms with Crippen LogP contribution in [0.3, 0.4) is 0 Å². The molecule has 4 N–H and O–H groups in total. The number of halogens is 4. The van der Waals surface area contributed by atoms with E-state index in [-0.39, 0.29) is 11.5 Å². The SMILES string of the molecule is Oc1c(-c2[nH]c3ccc(Br)c(Cl)c3c2O)[nH]c2ccc(Br)c(Cl)c12. The van der Waals surface area contributed by atoms with Gasteiger partial charge in [-0.05, 0) is 56.1 Å². The summed E-state index contributed by atoms with van der Waals surface area (Å²) in [7, 11) is 0. The summed E-state index contributed by atoms with van der Waals surface area (Å²) < 4.78 is 1.34. The van der Waals surface area contributed by atoms with Gasteiger partial charge in [-0.3, -0.25) is 0 Å². The Balaban J connectivity index is 2.07. The molecule has 2 aromatic carbocycles. The lowest BCUT2D eigenvalue weighted by Crippen LogP contribution is -1.78. The van der Waals surface area contributed by atoms with Crippen molar-refractivity contribution >= 4 is 76.9 Å². The van der Waals surface area contributed by atoms with Crippen molar-refractivity contribution in [1.82, 2.24) is 9.97 Å². The molecule has 4 nitrogen and oxygen atoms in total. The first-order valence-electron chi connectivity index (χ1n) is 6.77. The molecule has 0 saturated heterocycles. The maximum absolute atomic E-state index is 10.6. The number of benzene rings is 2. The highest BCUT2D eigenvalue weighted by Gasteiger charge is 2.23. The zero-order chi connectivity index (χ0) is 17.2. The molecule has 4 rings (SSSR count). The fourth-order valence-electron chi connectivity index (χ4n) is 2.77. The van der Waals surface area contributed by atoms with Crippen molar-refractivity contribution in [2.75, 3.05) is 0 Å². The molecule has 0 bridgehead atoms. The highest BCUT2D eigenvalue weighted by molar-refractivity contribution is 9.10. The molecule has 0 amide bonds. The molecule has 0 radical (unpaired) electrons. The van der Waals surface area contributed by atoms with Crippen molar-refractivity contribution in [3.05, 3.63) is 43.3 Å². The van der Waals surface area contributed by atoms with Crippen LogP contribution in [0.1, 0.15) is 0 Å². The van der Waals surface area contributed by atoms with Crippen molar-refractivity contribution in [3.63, 3.8) is 0 Å². The highest BCUT2D eigenvalue weighted by atomic mass is 79.9. The Morgan fingerprint density at radius 2 is 1.08 bits per heavy atom. The number of rotatable bonds is 1. The van der Waals surface area contributed by atoms with Crippen LogP contribution in [0, 0.1) is 0 Å². The molecule has 2 heterocycles. The van der Waals surface area contributed by atoms with Gasteiger partial charge in [0.25, 0.3) is 0 Å². The van der Waals surface area contributed by atoms with Crippen molar-refractivity contribution in [3.8, 4) is 22.9 Å². The smallest absolute Gasteiger partial charge is 0.152 e. The summed E-state index contributed by atoms with van der Waals surface area (Å²) in [6.07, 6.45) is 0. The van der Waals surface area contributed by atoms with E-state index in [0.29, 0.717) is 52.2 Å². The average Bonchev–Trinajstić information content (AvgIpc) is 3.05. The molecule has 24 heavy (non-hydrogen) atoms. The third-order valence-electron chi connectivity index (χ3n) is 3.91. The topological polar surface area (TPSA) is 72.0 Å². The predicted molar refractivity (Wildman–Crippen MR) is 104 cm³/mol. The number of fused-ring (bicyclic) bond motifs is 2. The van der Waals surface area contributed by atoms with Gasteiger partial charge in [0.2, 0.25) is 0 Å². The number of H-pyrrole nitrogens is 2. The Labute approximate surface area is 162 Å².